The van der Waals surface area contributed by atoms with Gasteiger partial charge in [0.05, 0.1) is 16.9 Å². The smallest absolute Gasteiger partial charge is 0.267 e. The first-order valence-corrected chi connectivity index (χ1v) is 8.86. The van der Waals surface area contributed by atoms with Gasteiger partial charge in [-0.25, -0.2) is 8.42 Å². The molecule has 0 saturated carbocycles. The topological polar surface area (TPSA) is 71.5 Å². The van der Waals surface area contributed by atoms with Gasteiger partial charge in [-0.3, -0.25) is 9.59 Å². The molecule has 0 bridgehead atoms. The lowest BCUT2D eigenvalue weighted by Crippen LogP contribution is -2.37. The van der Waals surface area contributed by atoms with E-state index in [2.05, 4.69) is 0 Å². The first kappa shape index (κ1) is 15.4. The highest BCUT2D eigenvalue weighted by Crippen LogP contribution is 2.25. The molecule has 0 aromatic heterocycles. The Kier molecular flexibility index (Phi) is 4.00. The van der Waals surface area contributed by atoms with Crippen molar-refractivity contribution in [2.24, 2.45) is 0 Å². The van der Waals surface area contributed by atoms with E-state index in [9.17, 15) is 18.0 Å². The number of imide groups is 1. The maximum atomic E-state index is 12.4. The molecule has 0 spiro atoms. The Hall–Kier alpha value is -2.47. The second-order valence-corrected chi connectivity index (χ2v) is 7.26. The predicted octanol–water partition coefficient (Wildman–Crippen LogP) is 2.25. The largest absolute Gasteiger partial charge is 0.275 e. The zero-order chi connectivity index (χ0) is 16.4. The van der Waals surface area contributed by atoms with Crippen LogP contribution in [0.25, 0.3) is 0 Å². The summed E-state index contributed by atoms with van der Waals surface area (Å²) in [5.74, 6) is -1.76. The first-order valence-electron chi connectivity index (χ1n) is 7.25. The van der Waals surface area contributed by atoms with Gasteiger partial charge < -0.3 is 0 Å². The summed E-state index contributed by atoms with van der Waals surface area (Å²) in [5.41, 5.74) is 1.30. The van der Waals surface area contributed by atoms with E-state index in [4.69, 9.17) is 0 Å². The van der Waals surface area contributed by atoms with E-state index in [1.807, 2.05) is 30.3 Å². The monoisotopic (exact) mass is 329 g/mol. The fourth-order valence-corrected chi connectivity index (χ4v) is 4.01. The van der Waals surface area contributed by atoms with Crippen molar-refractivity contribution >= 4 is 21.8 Å². The molecule has 0 fully saturated rings. The molecule has 1 aliphatic rings. The summed E-state index contributed by atoms with van der Waals surface area (Å²) in [6, 6.07) is 15.6. The highest BCUT2D eigenvalue weighted by atomic mass is 32.2. The van der Waals surface area contributed by atoms with Crippen LogP contribution in [0.4, 0.5) is 0 Å². The van der Waals surface area contributed by atoms with E-state index >= 15 is 0 Å². The number of amides is 2. The van der Waals surface area contributed by atoms with Gasteiger partial charge in [-0.15, -0.1) is 0 Å². The van der Waals surface area contributed by atoms with Crippen molar-refractivity contribution in [1.82, 2.24) is 4.31 Å². The molecule has 23 heavy (non-hydrogen) atoms. The summed E-state index contributed by atoms with van der Waals surface area (Å²) in [6.45, 7) is 0. The SMILES string of the molecule is O=C1c2ccccc2C(=O)N1S(=O)(=O)CCCc1ccccc1. The number of hydrogen-bond acceptors (Lipinski definition) is 4. The van der Waals surface area contributed by atoms with Crippen LogP contribution in [0.5, 0.6) is 0 Å². The minimum absolute atomic E-state index is 0.143. The number of aryl methyl sites for hydroxylation is 1. The Balaban J connectivity index is 1.74. The third kappa shape index (κ3) is 2.90. The van der Waals surface area contributed by atoms with Gasteiger partial charge in [0.25, 0.3) is 11.8 Å². The number of carbonyl (C=O) groups excluding carboxylic acids is 2. The molecule has 0 atom stereocenters. The Morgan fingerprint density at radius 3 is 1.87 bits per heavy atom. The second-order valence-electron chi connectivity index (χ2n) is 5.33. The third-order valence-corrected chi connectivity index (χ3v) is 5.44. The molecule has 1 heterocycles. The normalized spacial score (nSPS) is 14.2. The Labute approximate surface area is 134 Å². The van der Waals surface area contributed by atoms with Crippen molar-refractivity contribution in [2.75, 3.05) is 5.75 Å². The maximum Gasteiger partial charge on any atom is 0.275 e. The zero-order valence-corrected chi connectivity index (χ0v) is 13.1. The molecular weight excluding hydrogens is 314 g/mol. The van der Waals surface area contributed by atoms with Crippen LogP contribution in [0.15, 0.2) is 54.6 Å². The van der Waals surface area contributed by atoms with Gasteiger partial charge in [-0.05, 0) is 30.5 Å². The maximum absolute atomic E-state index is 12.4. The van der Waals surface area contributed by atoms with Crippen LogP contribution < -0.4 is 0 Å². The molecule has 0 N–H and O–H groups in total. The summed E-state index contributed by atoms with van der Waals surface area (Å²) in [7, 11) is -3.96. The van der Waals surface area contributed by atoms with Crippen molar-refractivity contribution < 1.29 is 18.0 Å². The summed E-state index contributed by atoms with van der Waals surface area (Å²) >= 11 is 0. The molecule has 6 heteroatoms. The van der Waals surface area contributed by atoms with Crippen molar-refractivity contribution in [2.45, 2.75) is 12.8 Å². The molecule has 5 nitrogen and oxygen atoms in total. The van der Waals surface area contributed by atoms with E-state index in [-0.39, 0.29) is 16.9 Å². The molecule has 2 amide bonds. The van der Waals surface area contributed by atoms with Crippen molar-refractivity contribution in [3.05, 3.63) is 71.3 Å². The molecule has 0 saturated heterocycles. The number of rotatable bonds is 5. The Morgan fingerprint density at radius 1 is 0.783 bits per heavy atom. The molecule has 118 valence electrons. The number of benzene rings is 2. The van der Waals surface area contributed by atoms with Crippen LogP contribution in [0.1, 0.15) is 32.7 Å². The highest BCUT2D eigenvalue weighted by molar-refractivity contribution is 7.90. The third-order valence-electron chi connectivity index (χ3n) is 3.75. The highest BCUT2D eigenvalue weighted by Gasteiger charge is 2.42. The molecule has 0 unspecified atom stereocenters. The standard InChI is InChI=1S/C17H15NO4S/c19-16-14-10-4-5-11-15(14)17(20)18(16)23(21,22)12-6-9-13-7-2-1-3-8-13/h1-5,7-8,10-11H,6,9,12H2. The summed E-state index contributed by atoms with van der Waals surface area (Å²) in [4.78, 5) is 24.4. The predicted molar refractivity (Wildman–Crippen MR) is 85.5 cm³/mol. The van der Waals surface area contributed by atoms with Crippen molar-refractivity contribution in [3.8, 4) is 0 Å². The van der Waals surface area contributed by atoms with Gasteiger partial charge in [0.2, 0.25) is 10.0 Å². The number of hydrogen-bond donors (Lipinski definition) is 0. The molecule has 1 aliphatic heterocycles. The molecule has 0 radical (unpaired) electrons. The van der Waals surface area contributed by atoms with Gasteiger partial charge in [-0.1, -0.05) is 42.5 Å². The lowest BCUT2D eigenvalue weighted by Gasteiger charge is -2.14. The van der Waals surface area contributed by atoms with Gasteiger partial charge in [0, 0.05) is 0 Å². The number of nitrogens with zero attached hydrogens (tertiary/aromatic N) is 1. The average Bonchev–Trinajstić information content (AvgIpc) is 2.81. The zero-order valence-electron chi connectivity index (χ0n) is 12.3. The van der Waals surface area contributed by atoms with Crippen molar-refractivity contribution in [1.29, 1.82) is 0 Å². The Morgan fingerprint density at radius 2 is 1.30 bits per heavy atom. The van der Waals surface area contributed by atoms with Gasteiger partial charge in [0.1, 0.15) is 0 Å². The number of carbonyl (C=O) groups is 2. The molecule has 0 aliphatic carbocycles. The fourth-order valence-electron chi connectivity index (χ4n) is 2.61. The number of fused-ring (bicyclic) bond motifs is 1. The number of sulfonamides is 1. The second kappa shape index (κ2) is 5.96. The minimum Gasteiger partial charge on any atom is -0.267 e. The van der Waals surface area contributed by atoms with Crippen LogP contribution in [0.3, 0.4) is 0 Å². The lowest BCUT2D eigenvalue weighted by molar-refractivity contribution is 0.0765. The summed E-state index contributed by atoms with van der Waals surface area (Å²) < 4.78 is 25.2. The van der Waals surface area contributed by atoms with Crippen LogP contribution in [0.2, 0.25) is 0 Å². The molecule has 2 aromatic carbocycles. The lowest BCUT2D eigenvalue weighted by atomic mass is 10.1. The molecule has 2 aromatic rings. The van der Waals surface area contributed by atoms with Gasteiger partial charge >= 0.3 is 0 Å². The first-order chi connectivity index (χ1) is 11.0. The van der Waals surface area contributed by atoms with E-state index < -0.39 is 21.8 Å². The van der Waals surface area contributed by atoms with E-state index in [1.54, 1.807) is 12.1 Å². The van der Waals surface area contributed by atoms with E-state index in [1.165, 1.54) is 12.1 Å². The average molecular weight is 329 g/mol. The quantitative estimate of drug-likeness (QED) is 0.789. The van der Waals surface area contributed by atoms with Crippen LogP contribution in [-0.4, -0.2) is 30.3 Å². The Bertz CT molecular complexity index is 824. The molecular formula is C17H15NO4S. The van der Waals surface area contributed by atoms with E-state index in [0.717, 1.165) is 5.56 Å². The minimum atomic E-state index is -3.96. The van der Waals surface area contributed by atoms with Crippen LogP contribution >= 0.6 is 0 Å². The summed E-state index contributed by atoms with van der Waals surface area (Å²) in [6.07, 6.45) is 0.920. The van der Waals surface area contributed by atoms with Crippen LogP contribution in [-0.2, 0) is 16.4 Å². The van der Waals surface area contributed by atoms with Gasteiger partial charge in [0.15, 0.2) is 0 Å². The van der Waals surface area contributed by atoms with Crippen LogP contribution in [0, 0.1) is 0 Å². The fraction of sp³-hybridized carbons (Fsp3) is 0.176. The van der Waals surface area contributed by atoms with E-state index in [0.29, 0.717) is 17.1 Å². The molecule has 3 rings (SSSR count). The van der Waals surface area contributed by atoms with Gasteiger partial charge in [-0.2, -0.15) is 4.31 Å². The summed E-state index contributed by atoms with van der Waals surface area (Å²) in [5, 5.41) is 0. The van der Waals surface area contributed by atoms with Crippen molar-refractivity contribution in [3.63, 3.8) is 0 Å².